The van der Waals surface area contributed by atoms with Crippen molar-refractivity contribution in [2.24, 2.45) is 7.05 Å². The van der Waals surface area contributed by atoms with Crippen LogP contribution in [0.5, 0.6) is 0 Å². The molecule has 1 aromatic heterocycles. The van der Waals surface area contributed by atoms with Gasteiger partial charge in [0, 0.05) is 23.6 Å². The fraction of sp³-hybridized carbons (Fsp3) is 0.100. The zero-order chi connectivity index (χ0) is 17.1. The Labute approximate surface area is 140 Å². The number of aromatic nitrogens is 1. The highest BCUT2D eigenvalue weighted by Crippen LogP contribution is 2.21. The summed E-state index contributed by atoms with van der Waals surface area (Å²) in [6.07, 6.45) is 3.81. The van der Waals surface area contributed by atoms with E-state index in [0.717, 1.165) is 16.6 Å². The van der Waals surface area contributed by atoms with Crippen molar-refractivity contribution in [3.63, 3.8) is 0 Å². The van der Waals surface area contributed by atoms with Crippen molar-refractivity contribution in [2.45, 2.75) is 0 Å². The first-order valence-corrected chi connectivity index (χ1v) is 7.49. The smallest absolute Gasteiger partial charge is 0.338 e. The van der Waals surface area contributed by atoms with E-state index < -0.39 is 5.97 Å². The number of benzene rings is 2. The molecular formula is C20H16N2O2. The van der Waals surface area contributed by atoms with Crippen LogP contribution >= 0.6 is 0 Å². The SMILES string of the molecule is COC(=O)c1cc(C#N)ccc1/C=C/c1cc2ccccc2n1C. The average Bonchev–Trinajstić information content (AvgIpc) is 2.95. The van der Waals surface area contributed by atoms with Crippen LogP contribution in [0.4, 0.5) is 0 Å². The predicted octanol–water partition coefficient (Wildman–Crippen LogP) is 4.01. The highest BCUT2D eigenvalue weighted by molar-refractivity contribution is 5.95. The van der Waals surface area contributed by atoms with E-state index in [9.17, 15) is 4.79 Å². The molecule has 0 saturated carbocycles. The van der Waals surface area contributed by atoms with Crippen LogP contribution in [0.1, 0.15) is 27.2 Å². The summed E-state index contributed by atoms with van der Waals surface area (Å²) in [5.74, 6) is -0.455. The summed E-state index contributed by atoms with van der Waals surface area (Å²) >= 11 is 0. The number of para-hydroxylation sites is 1. The Balaban J connectivity index is 2.03. The number of methoxy groups -OCH3 is 1. The van der Waals surface area contributed by atoms with E-state index in [-0.39, 0.29) is 0 Å². The number of hydrogen-bond acceptors (Lipinski definition) is 3. The first kappa shape index (κ1) is 15.6. The van der Waals surface area contributed by atoms with Gasteiger partial charge in [-0.1, -0.05) is 30.3 Å². The number of carbonyl (C=O) groups is 1. The molecule has 3 aromatic rings. The van der Waals surface area contributed by atoms with Gasteiger partial charge in [0.1, 0.15) is 0 Å². The molecule has 0 atom stereocenters. The van der Waals surface area contributed by atoms with E-state index >= 15 is 0 Å². The van der Waals surface area contributed by atoms with E-state index in [4.69, 9.17) is 10.00 Å². The summed E-state index contributed by atoms with van der Waals surface area (Å²) in [6, 6.07) is 17.3. The van der Waals surface area contributed by atoms with Crippen LogP contribution in [0.2, 0.25) is 0 Å². The third kappa shape index (κ3) is 2.80. The summed E-state index contributed by atoms with van der Waals surface area (Å²) in [4.78, 5) is 12.0. The van der Waals surface area contributed by atoms with E-state index in [2.05, 4.69) is 22.8 Å². The van der Waals surface area contributed by atoms with E-state index in [1.165, 1.54) is 7.11 Å². The average molecular weight is 316 g/mol. The van der Waals surface area contributed by atoms with Gasteiger partial charge in [-0.2, -0.15) is 5.26 Å². The van der Waals surface area contributed by atoms with Gasteiger partial charge in [0.2, 0.25) is 0 Å². The third-order valence-electron chi connectivity index (χ3n) is 4.01. The minimum Gasteiger partial charge on any atom is -0.465 e. The van der Waals surface area contributed by atoms with Gasteiger partial charge >= 0.3 is 5.97 Å². The van der Waals surface area contributed by atoms with Crippen LogP contribution in [0, 0.1) is 11.3 Å². The molecule has 0 amide bonds. The molecule has 3 rings (SSSR count). The van der Waals surface area contributed by atoms with Gasteiger partial charge < -0.3 is 9.30 Å². The Morgan fingerprint density at radius 3 is 2.67 bits per heavy atom. The molecule has 0 aliphatic rings. The van der Waals surface area contributed by atoms with Crippen molar-refractivity contribution in [1.29, 1.82) is 5.26 Å². The fourth-order valence-corrected chi connectivity index (χ4v) is 2.70. The number of nitriles is 1. The number of nitrogens with zero attached hydrogens (tertiary/aromatic N) is 2. The second-order valence-electron chi connectivity index (χ2n) is 5.43. The van der Waals surface area contributed by atoms with Crippen LogP contribution in [0.15, 0.2) is 48.5 Å². The van der Waals surface area contributed by atoms with Crippen LogP contribution < -0.4 is 0 Å². The summed E-state index contributed by atoms with van der Waals surface area (Å²) in [5, 5.41) is 10.2. The molecule has 0 fully saturated rings. The minimum atomic E-state index is -0.455. The van der Waals surface area contributed by atoms with Crippen LogP contribution in [0.3, 0.4) is 0 Å². The highest BCUT2D eigenvalue weighted by atomic mass is 16.5. The predicted molar refractivity (Wildman–Crippen MR) is 94.3 cm³/mol. The monoisotopic (exact) mass is 316 g/mol. The van der Waals surface area contributed by atoms with Crippen LogP contribution in [0.25, 0.3) is 23.1 Å². The maximum Gasteiger partial charge on any atom is 0.338 e. The Hall–Kier alpha value is -3.32. The Morgan fingerprint density at radius 1 is 1.17 bits per heavy atom. The first-order valence-electron chi connectivity index (χ1n) is 7.49. The molecule has 4 heteroatoms. The maximum absolute atomic E-state index is 12.0. The second kappa shape index (κ2) is 6.43. The second-order valence-corrected chi connectivity index (χ2v) is 5.43. The highest BCUT2D eigenvalue weighted by Gasteiger charge is 2.11. The van der Waals surface area contributed by atoms with Gasteiger partial charge in [0.05, 0.1) is 24.3 Å². The molecule has 0 aliphatic carbocycles. The topological polar surface area (TPSA) is 55.0 Å². The molecule has 118 valence electrons. The fourth-order valence-electron chi connectivity index (χ4n) is 2.70. The molecule has 1 heterocycles. The number of carbonyl (C=O) groups excluding carboxylic acids is 1. The van der Waals surface area contributed by atoms with Crippen molar-refractivity contribution >= 4 is 29.0 Å². The van der Waals surface area contributed by atoms with Crippen molar-refractivity contribution in [2.75, 3.05) is 7.11 Å². The van der Waals surface area contributed by atoms with Crippen LogP contribution in [-0.2, 0) is 11.8 Å². The lowest BCUT2D eigenvalue weighted by Crippen LogP contribution is -2.04. The van der Waals surface area contributed by atoms with E-state index in [1.54, 1.807) is 18.2 Å². The minimum absolute atomic E-state index is 0.381. The van der Waals surface area contributed by atoms with E-state index in [0.29, 0.717) is 16.7 Å². The van der Waals surface area contributed by atoms with Gasteiger partial charge in [-0.05, 0) is 35.9 Å². The molecule has 0 unspecified atom stereocenters. The van der Waals surface area contributed by atoms with Crippen molar-refractivity contribution in [3.05, 3.63) is 70.9 Å². The normalized spacial score (nSPS) is 10.9. The van der Waals surface area contributed by atoms with Gasteiger partial charge in [0.25, 0.3) is 0 Å². The molecule has 0 spiro atoms. The zero-order valence-electron chi connectivity index (χ0n) is 13.5. The first-order chi connectivity index (χ1) is 11.6. The molecule has 0 aliphatic heterocycles. The summed E-state index contributed by atoms with van der Waals surface area (Å²) in [7, 11) is 3.33. The molecule has 24 heavy (non-hydrogen) atoms. The lowest BCUT2D eigenvalue weighted by molar-refractivity contribution is 0.0600. The van der Waals surface area contributed by atoms with Gasteiger partial charge in [-0.15, -0.1) is 0 Å². The molecule has 0 radical (unpaired) electrons. The lowest BCUT2D eigenvalue weighted by atomic mass is 10.0. The summed E-state index contributed by atoms with van der Waals surface area (Å²) in [5.41, 5.74) is 3.69. The number of fused-ring (bicyclic) bond motifs is 1. The van der Waals surface area contributed by atoms with E-state index in [1.807, 2.05) is 37.4 Å². The molecular weight excluding hydrogens is 300 g/mol. The molecule has 2 aromatic carbocycles. The number of esters is 1. The maximum atomic E-state index is 12.0. The molecule has 0 N–H and O–H groups in total. The molecule has 4 nitrogen and oxygen atoms in total. The Bertz CT molecular complexity index is 991. The van der Waals surface area contributed by atoms with Gasteiger partial charge in [0.15, 0.2) is 0 Å². The summed E-state index contributed by atoms with van der Waals surface area (Å²) in [6.45, 7) is 0. The quantitative estimate of drug-likeness (QED) is 0.686. The number of hydrogen-bond donors (Lipinski definition) is 0. The standard InChI is InChI=1S/C20H16N2O2/c1-22-17(12-16-5-3-4-6-19(16)22)10-9-15-8-7-14(13-21)11-18(15)20(23)24-2/h3-12H,1-2H3/b10-9+. The van der Waals surface area contributed by atoms with Crippen molar-refractivity contribution in [1.82, 2.24) is 4.57 Å². The number of aryl methyl sites for hydroxylation is 1. The summed E-state index contributed by atoms with van der Waals surface area (Å²) < 4.78 is 6.90. The lowest BCUT2D eigenvalue weighted by Gasteiger charge is -2.05. The van der Waals surface area contributed by atoms with Crippen molar-refractivity contribution < 1.29 is 9.53 Å². The Morgan fingerprint density at radius 2 is 1.96 bits per heavy atom. The number of ether oxygens (including phenoxy) is 1. The molecule has 0 bridgehead atoms. The zero-order valence-corrected chi connectivity index (χ0v) is 13.5. The Kier molecular flexibility index (Phi) is 4.17. The largest absolute Gasteiger partial charge is 0.465 e. The number of rotatable bonds is 3. The third-order valence-corrected chi connectivity index (χ3v) is 4.01. The van der Waals surface area contributed by atoms with Gasteiger partial charge in [-0.25, -0.2) is 4.79 Å². The molecule has 0 saturated heterocycles. The van der Waals surface area contributed by atoms with Crippen molar-refractivity contribution in [3.8, 4) is 6.07 Å². The van der Waals surface area contributed by atoms with Gasteiger partial charge in [-0.3, -0.25) is 0 Å². The van der Waals surface area contributed by atoms with Crippen LogP contribution in [-0.4, -0.2) is 17.6 Å².